The zero-order valence-corrected chi connectivity index (χ0v) is 10.7. The summed E-state index contributed by atoms with van der Waals surface area (Å²) in [5.74, 6) is 0.564. The van der Waals surface area contributed by atoms with Gasteiger partial charge >= 0.3 is 0 Å². The largest absolute Gasteiger partial charge is 0.373 e. The van der Waals surface area contributed by atoms with Crippen LogP contribution in [-0.2, 0) is 11.2 Å². The molecule has 0 unspecified atom stereocenters. The second-order valence-electron chi connectivity index (χ2n) is 5.29. The first kappa shape index (κ1) is 12.6. The average Bonchev–Trinajstić information content (AvgIpc) is 2.79. The summed E-state index contributed by atoms with van der Waals surface area (Å²) >= 11 is 0. The van der Waals surface area contributed by atoms with Crippen LogP contribution in [-0.4, -0.2) is 6.61 Å². The van der Waals surface area contributed by atoms with Crippen LogP contribution in [0.4, 0.5) is 4.39 Å². The van der Waals surface area contributed by atoms with E-state index in [2.05, 4.69) is 13.8 Å². The van der Waals surface area contributed by atoms with Crippen molar-refractivity contribution in [2.24, 2.45) is 5.92 Å². The summed E-state index contributed by atoms with van der Waals surface area (Å²) in [7, 11) is 0. The van der Waals surface area contributed by atoms with E-state index in [9.17, 15) is 4.39 Å². The van der Waals surface area contributed by atoms with E-state index in [0.29, 0.717) is 5.92 Å². The molecule has 1 aliphatic heterocycles. The number of hydrogen-bond donors (Lipinski definition) is 0. The summed E-state index contributed by atoms with van der Waals surface area (Å²) in [5, 5.41) is 0. The van der Waals surface area contributed by atoms with E-state index in [1.54, 1.807) is 6.07 Å². The molecule has 1 nitrogen and oxygen atoms in total. The van der Waals surface area contributed by atoms with Gasteiger partial charge in [0.2, 0.25) is 0 Å². The fourth-order valence-corrected chi connectivity index (χ4v) is 2.27. The molecule has 1 aromatic rings. The summed E-state index contributed by atoms with van der Waals surface area (Å²) in [6.07, 6.45) is 4.04. The van der Waals surface area contributed by atoms with Crippen molar-refractivity contribution < 1.29 is 9.13 Å². The van der Waals surface area contributed by atoms with Gasteiger partial charge in [-0.3, -0.25) is 0 Å². The Morgan fingerprint density at radius 3 is 2.82 bits per heavy atom. The minimum absolute atomic E-state index is 0.0193. The molecule has 1 saturated heterocycles. The third-order valence-corrected chi connectivity index (χ3v) is 3.35. The molecule has 1 aliphatic rings. The predicted octanol–water partition coefficient (Wildman–Crippen LogP) is 4.27. The molecule has 94 valence electrons. The highest BCUT2D eigenvalue weighted by Gasteiger charge is 2.20. The Labute approximate surface area is 103 Å². The maximum atomic E-state index is 13.9. The molecule has 2 heteroatoms. The molecule has 1 heterocycles. The Bertz CT molecular complexity index is 367. The van der Waals surface area contributed by atoms with E-state index in [4.69, 9.17) is 4.74 Å². The van der Waals surface area contributed by atoms with E-state index < -0.39 is 0 Å². The fourth-order valence-electron chi connectivity index (χ4n) is 2.27. The molecule has 1 aromatic carbocycles. The van der Waals surface area contributed by atoms with Crippen LogP contribution in [0.2, 0.25) is 0 Å². The van der Waals surface area contributed by atoms with Gasteiger partial charge in [0.1, 0.15) is 5.82 Å². The molecule has 1 atom stereocenters. The van der Waals surface area contributed by atoms with Crippen molar-refractivity contribution in [2.45, 2.75) is 45.6 Å². The van der Waals surface area contributed by atoms with Crippen molar-refractivity contribution in [1.29, 1.82) is 0 Å². The van der Waals surface area contributed by atoms with Crippen molar-refractivity contribution >= 4 is 0 Å². The topological polar surface area (TPSA) is 9.23 Å². The molecule has 0 saturated carbocycles. The lowest BCUT2D eigenvalue weighted by Gasteiger charge is -2.12. The van der Waals surface area contributed by atoms with Crippen molar-refractivity contribution in [3.8, 4) is 0 Å². The number of halogens is 1. The highest BCUT2D eigenvalue weighted by atomic mass is 19.1. The first-order valence-electron chi connectivity index (χ1n) is 6.56. The molecule has 2 rings (SSSR count). The van der Waals surface area contributed by atoms with Gasteiger partial charge in [0.15, 0.2) is 0 Å². The van der Waals surface area contributed by atoms with Crippen LogP contribution in [0.25, 0.3) is 0 Å². The zero-order valence-electron chi connectivity index (χ0n) is 10.7. The lowest BCUT2D eigenvalue weighted by Crippen LogP contribution is -2.01. The van der Waals surface area contributed by atoms with Crippen LogP contribution in [0.1, 0.15) is 50.3 Å². The van der Waals surface area contributed by atoms with Gasteiger partial charge in [0, 0.05) is 12.2 Å². The van der Waals surface area contributed by atoms with Crippen LogP contribution in [0.3, 0.4) is 0 Å². The molecule has 0 amide bonds. The molecule has 0 aromatic heterocycles. The summed E-state index contributed by atoms with van der Waals surface area (Å²) in [6.45, 7) is 5.15. The van der Waals surface area contributed by atoms with Crippen LogP contribution in [0.15, 0.2) is 18.2 Å². The van der Waals surface area contributed by atoms with Gasteiger partial charge in [-0.25, -0.2) is 4.39 Å². The highest BCUT2D eigenvalue weighted by molar-refractivity contribution is 5.26. The number of ether oxygens (including phenoxy) is 1. The minimum atomic E-state index is -0.0989. The SMILES string of the molecule is CC(C)CCc1ccc([C@H]2CCCO2)c(F)c1. The van der Waals surface area contributed by atoms with Gasteiger partial charge in [-0.2, -0.15) is 0 Å². The second-order valence-corrected chi connectivity index (χ2v) is 5.29. The first-order valence-corrected chi connectivity index (χ1v) is 6.56. The van der Waals surface area contributed by atoms with E-state index in [-0.39, 0.29) is 11.9 Å². The van der Waals surface area contributed by atoms with Crippen molar-refractivity contribution in [3.05, 3.63) is 35.1 Å². The van der Waals surface area contributed by atoms with Crippen LogP contribution < -0.4 is 0 Å². The van der Waals surface area contributed by atoms with Crippen LogP contribution >= 0.6 is 0 Å². The third kappa shape index (κ3) is 3.29. The summed E-state index contributed by atoms with van der Waals surface area (Å²) in [5.41, 5.74) is 1.83. The van der Waals surface area contributed by atoms with E-state index >= 15 is 0 Å². The normalized spacial score (nSPS) is 20.1. The molecular formula is C15H21FO. The number of aryl methyl sites for hydroxylation is 1. The monoisotopic (exact) mass is 236 g/mol. The van der Waals surface area contributed by atoms with E-state index in [1.165, 1.54) is 0 Å². The molecule has 0 N–H and O–H groups in total. The van der Waals surface area contributed by atoms with E-state index in [1.807, 2.05) is 12.1 Å². The van der Waals surface area contributed by atoms with Gasteiger partial charge in [-0.15, -0.1) is 0 Å². The van der Waals surface area contributed by atoms with Crippen molar-refractivity contribution in [3.63, 3.8) is 0 Å². The molecule has 0 aliphatic carbocycles. The molecule has 1 fully saturated rings. The maximum Gasteiger partial charge on any atom is 0.129 e. The maximum absolute atomic E-state index is 13.9. The summed E-state index contributed by atoms with van der Waals surface area (Å²) < 4.78 is 19.5. The molecule has 0 radical (unpaired) electrons. The summed E-state index contributed by atoms with van der Waals surface area (Å²) in [6, 6.07) is 5.63. The van der Waals surface area contributed by atoms with Crippen molar-refractivity contribution in [2.75, 3.05) is 6.61 Å². The van der Waals surface area contributed by atoms with Crippen LogP contribution in [0, 0.1) is 11.7 Å². The van der Waals surface area contributed by atoms with Gasteiger partial charge in [-0.05, 0) is 43.2 Å². The van der Waals surface area contributed by atoms with Gasteiger partial charge in [-0.1, -0.05) is 26.0 Å². The van der Waals surface area contributed by atoms with E-state index in [0.717, 1.165) is 43.4 Å². The van der Waals surface area contributed by atoms with Crippen LogP contribution in [0.5, 0.6) is 0 Å². The first-order chi connectivity index (χ1) is 8.16. The fraction of sp³-hybridized carbons (Fsp3) is 0.600. The Morgan fingerprint density at radius 1 is 1.41 bits per heavy atom. The highest BCUT2D eigenvalue weighted by Crippen LogP contribution is 2.30. The molecular weight excluding hydrogens is 215 g/mol. The smallest absolute Gasteiger partial charge is 0.129 e. The molecule has 0 spiro atoms. The second kappa shape index (κ2) is 5.63. The number of benzene rings is 1. The number of rotatable bonds is 4. The van der Waals surface area contributed by atoms with Gasteiger partial charge < -0.3 is 4.74 Å². The quantitative estimate of drug-likeness (QED) is 0.758. The van der Waals surface area contributed by atoms with Gasteiger partial charge in [0.05, 0.1) is 6.10 Å². The van der Waals surface area contributed by atoms with Gasteiger partial charge in [0.25, 0.3) is 0 Å². The molecule has 17 heavy (non-hydrogen) atoms. The van der Waals surface area contributed by atoms with Crippen molar-refractivity contribution in [1.82, 2.24) is 0 Å². The Balaban J connectivity index is 2.05. The standard InChI is InChI=1S/C15H21FO/c1-11(2)5-6-12-7-8-13(14(16)10-12)15-4-3-9-17-15/h7-8,10-11,15H,3-6,9H2,1-2H3/t15-/m1/s1. The predicted molar refractivity (Wildman–Crippen MR) is 67.5 cm³/mol. The number of hydrogen-bond acceptors (Lipinski definition) is 1. The lowest BCUT2D eigenvalue weighted by atomic mass is 9.99. The zero-order chi connectivity index (χ0) is 12.3. The summed E-state index contributed by atoms with van der Waals surface area (Å²) in [4.78, 5) is 0. The Kier molecular flexibility index (Phi) is 4.16. The third-order valence-electron chi connectivity index (χ3n) is 3.35. The average molecular weight is 236 g/mol. The Hall–Kier alpha value is -0.890. The lowest BCUT2D eigenvalue weighted by molar-refractivity contribution is 0.109. The molecule has 0 bridgehead atoms. The Morgan fingerprint density at radius 2 is 2.24 bits per heavy atom. The minimum Gasteiger partial charge on any atom is -0.373 e.